The third-order valence-corrected chi connectivity index (χ3v) is 2.27. The van der Waals surface area contributed by atoms with Gasteiger partial charge in [-0.25, -0.2) is 4.79 Å². The Morgan fingerprint density at radius 1 is 1.47 bits per heavy atom. The maximum atomic E-state index is 10.8. The molecule has 0 saturated heterocycles. The molecule has 0 amide bonds. The molecule has 1 aromatic carbocycles. The maximum absolute atomic E-state index is 10.8. The van der Waals surface area contributed by atoms with E-state index in [0.29, 0.717) is 17.9 Å². The van der Waals surface area contributed by atoms with Crippen LogP contribution in [-0.2, 0) is 0 Å². The normalized spacial score (nSPS) is 9.20. The molecule has 0 aliphatic rings. The summed E-state index contributed by atoms with van der Waals surface area (Å²) in [6.45, 7) is 0. The van der Waals surface area contributed by atoms with Crippen molar-refractivity contribution in [2.24, 2.45) is 0 Å². The molecule has 1 aromatic rings. The van der Waals surface area contributed by atoms with Gasteiger partial charge < -0.3 is 5.11 Å². The molecule has 4 heteroatoms. The van der Waals surface area contributed by atoms with Gasteiger partial charge in [0, 0.05) is 17.9 Å². The summed E-state index contributed by atoms with van der Waals surface area (Å²) in [6, 6.07) is 4.73. The third-order valence-electron chi connectivity index (χ3n) is 1.67. The molecule has 0 aliphatic carbocycles. The smallest absolute Gasteiger partial charge is 0.337 e. The molecule has 2 nitrogen and oxygen atoms in total. The Hall–Kier alpha value is -1.17. The van der Waals surface area contributed by atoms with Crippen LogP contribution in [0.15, 0.2) is 18.2 Å². The Balaban J connectivity index is 3.06. The second-order valence-corrected chi connectivity index (χ2v) is 3.47. The molecule has 0 aromatic heterocycles. The number of carboxylic acid groups (broad SMARTS) is 1. The highest BCUT2D eigenvalue weighted by Gasteiger charge is 2.10. The molecule has 0 radical (unpaired) electrons. The highest BCUT2D eigenvalue weighted by molar-refractivity contribution is 6.34. The lowest BCUT2D eigenvalue weighted by Gasteiger charge is -1.99. The minimum atomic E-state index is -1.05. The van der Waals surface area contributed by atoms with Crippen molar-refractivity contribution in [3.63, 3.8) is 0 Å². The van der Waals surface area contributed by atoms with Gasteiger partial charge in [0.15, 0.2) is 0 Å². The zero-order valence-corrected chi connectivity index (χ0v) is 9.27. The van der Waals surface area contributed by atoms with Crippen LogP contribution < -0.4 is 0 Å². The summed E-state index contributed by atoms with van der Waals surface area (Å²) in [7, 11) is 0. The van der Waals surface area contributed by atoms with Gasteiger partial charge in [-0.2, -0.15) is 0 Å². The highest BCUT2D eigenvalue weighted by atomic mass is 35.5. The van der Waals surface area contributed by atoms with Crippen LogP contribution in [0.1, 0.15) is 22.3 Å². The van der Waals surface area contributed by atoms with E-state index in [9.17, 15) is 4.79 Å². The van der Waals surface area contributed by atoms with Crippen molar-refractivity contribution in [1.82, 2.24) is 0 Å². The van der Waals surface area contributed by atoms with Crippen LogP contribution >= 0.6 is 23.2 Å². The van der Waals surface area contributed by atoms with Crippen molar-refractivity contribution >= 4 is 29.2 Å². The average molecular weight is 243 g/mol. The third kappa shape index (κ3) is 3.16. The SMILES string of the molecule is O=C(O)c1cccc(C#CCCCl)c1Cl. The largest absolute Gasteiger partial charge is 0.478 e. The second kappa shape index (κ2) is 5.65. The summed E-state index contributed by atoms with van der Waals surface area (Å²) in [4.78, 5) is 10.8. The van der Waals surface area contributed by atoms with E-state index in [0.717, 1.165) is 0 Å². The summed E-state index contributed by atoms with van der Waals surface area (Å²) in [5.41, 5.74) is 0.580. The summed E-state index contributed by atoms with van der Waals surface area (Å²) in [5.74, 6) is 4.97. The van der Waals surface area contributed by atoms with Gasteiger partial charge in [0.2, 0.25) is 0 Å². The number of alkyl halides is 1. The van der Waals surface area contributed by atoms with Gasteiger partial charge in [-0.1, -0.05) is 29.5 Å². The molecule has 0 heterocycles. The van der Waals surface area contributed by atoms with Crippen molar-refractivity contribution in [3.05, 3.63) is 34.3 Å². The van der Waals surface area contributed by atoms with Crippen LogP contribution in [0.3, 0.4) is 0 Å². The van der Waals surface area contributed by atoms with E-state index in [1.165, 1.54) is 6.07 Å². The zero-order chi connectivity index (χ0) is 11.3. The van der Waals surface area contributed by atoms with Crippen LogP contribution in [-0.4, -0.2) is 17.0 Å². The minimum absolute atomic E-state index is 0.0642. The fourth-order valence-electron chi connectivity index (χ4n) is 0.999. The number of carbonyl (C=O) groups is 1. The Labute approximate surface area is 97.8 Å². The first-order valence-corrected chi connectivity index (χ1v) is 5.14. The van der Waals surface area contributed by atoms with Gasteiger partial charge in [0.05, 0.1) is 10.6 Å². The number of carboxylic acids is 1. The van der Waals surface area contributed by atoms with Gasteiger partial charge in [-0.15, -0.1) is 11.6 Å². The molecule has 1 N–H and O–H groups in total. The van der Waals surface area contributed by atoms with Gasteiger partial charge in [-0.3, -0.25) is 0 Å². The molecule has 0 atom stereocenters. The van der Waals surface area contributed by atoms with Crippen LogP contribution in [0.2, 0.25) is 5.02 Å². The van der Waals surface area contributed by atoms with Crippen LogP contribution in [0, 0.1) is 11.8 Å². The number of benzene rings is 1. The van der Waals surface area contributed by atoms with Gasteiger partial charge >= 0.3 is 5.97 Å². The van der Waals surface area contributed by atoms with Crippen molar-refractivity contribution in [2.75, 3.05) is 5.88 Å². The number of rotatable bonds is 2. The zero-order valence-electron chi connectivity index (χ0n) is 7.76. The topological polar surface area (TPSA) is 37.3 Å². The lowest BCUT2D eigenvalue weighted by Crippen LogP contribution is -1.98. The first-order valence-electron chi connectivity index (χ1n) is 4.23. The van der Waals surface area contributed by atoms with Crippen molar-refractivity contribution < 1.29 is 9.90 Å². The molecule has 1 rings (SSSR count). The Morgan fingerprint density at radius 2 is 2.20 bits per heavy atom. The molecular formula is C11H8Cl2O2. The Bertz CT molecular complexity index is 430. The monoisotopic (exact) mass is 242 g/mol. The van der Waals surface area contributed by atoms with Gasteiger partial charge in [0.25, 0.3) is 0 Å². The molecule has 78 valence electrons. The molecule has 0 unspecified atom stereocenters. The molecule has 0 spiro atoms. The van der Waals surface area contributed by atoms with Crippen LogP contribution in [0.4, 0.5) is 0 Å². The number of halogens is 2. The molecule has 0 fully saturated rings. The standard InChI is InChI=1S/C11H8Cl2O2/c12-7-2-1-4-8-5-3-6-9(10(8)13)11(14)15/h3,5-6H,2,7H2,(H,14,15). The predicted molar refractivity (Wildman–Crippen MR) is 60.6 cm³/mol. The molecule has 0 bridgehead atoms. The predicted octanol–water partition coefficient (Wildman–Crippen LogP) is 3.02. The van der Waals surface area contributed by atoms with Crippen LogP contribution in [0.25, 0.3) is 0 Å². The lowest BCUT2D eigenvalue weighted by atomic mass is 10.1. The van der Waals surface area contributed by atoms with Crippen molar-refractivity contribution in [1.29, 1.82) is 0 Å². The number of aromatic carboxylic acids is 1. The minimum Gasteiger partial charge on any atom is -0.478 e. The van der Waals surface area contributed by atoms with E-state index in [2.05, 4.69) is 11.8 Å². The van der Waals surface area contributed by atoms with E-state index >= 15 is 0 Å². The van der Waals surface area contributed by atoms with E-state index in [4.69, 9.17) is 28.3 Å². The Kier molecular flexibility index (Phi) is 4.48. The highest BCUT2D eigenvalue weighted by Crippen LogP contribution is 2.20. The Morgan fingerprint density at radius 3 is 2.80 bits per heavy atom. The lowest BCUT2D eigenvalue weighted by molar-refractivity contribution is 0.0697. The first-order chi connectivity index (χ1) is 7.16. The quantitative estimate of drug-likeness (QED) is 0.640. The number of hydrogen-bond donors (Lipinski definition) is 1. The van der Waals surface area contributed by atoms with E-state index in [-0.39, 0.29) is 10.6 Å². The summed E-state index contributed by atoms with van der Waals surface area (Å²) in [5, 5.41) is 8.98. The van der Waals surface area contributed by atoms with E-state index in [1.807, 2.05) is 0 Å². The van der Waals surface area contributed by atoms with E-state index in [1.54, 1.807) is 12.1 Å². The summed E-state index contributed by atoms with van der Waals surface area (Å²) in [6.07, 6.45) is 0.551. The number of hydrogen-bond acceptors (Lipinski definition) is 1. The second-order valence-electron chi connectivity index (χ2n) is 2.71. The molecular weight excluding hydrogens is 235 g/mol. The van der Waals surface area contributed by atoms with Crippen LogP contribution in [0.5, 0.6) is 0 Å². The van der Waals surface area contributed by atoms with Gasteiger partial charge in [0.1, 0.15) is 0 Å². The first kappa shape index (κ1) is 11.9. The van der Waals surface area contributed by atoms with Crippen molar-refractivity contribution in [3.8, 4) is 11.8 Å². The summed E-state index contributed by atoms with van der Waals surface area (Å²) < 4.78 is 0. The fourth-order valence-corrected chi connectivity index (χ4v) is 1.35. The van der Waals surface area contributed by atoms with Crippen molar-refractivity contribution in [2.45, 2.75) is 6.42 Å². The fraction of sp³-hybridized carbons (Fsp3) is 0.182. The molecule has 0 aliphatic heterocycles. The summed E-state index contributed by atoms with van der Waals surface area (Å²) >= 11 is 11.3. The average Bonchev–Trinajstić information content (AvgIpc) is 2.20. The van der Waals surface area contributed by atoms with Gasteiger partial charge in [-0.05, 0) is 12.1 Å². The molecule has 0 saturated carbocycles. The van der Waals surface area contributed by atoms with E-state index < -0.39 is 5.97 Å². The molecule has 15 heavy (non-hydrogen) atoms. The maximum Gasteiger partial charge on any atom is 0.337 e.